The lowest BCUT2D eigenvalue weighted by atomic mass is 10.0. The van der Waals surface area contributed by atoms with Crippen molar-refractivity contribution in [2.45, 2.75) is 20.8 Å². The van der Waals surface area contributed by atoms with Crippen LogP contribution in [0.15, 0.2) is 76.1 Å². The first kappa shape index (κ1) is 20.8. The monoisotopic (exact) mass is 437 g/mol. The second kappa shape index (κ2) is 8.10. The number of para-hydroxylation sites is 1. The van der Waals surface area contributed by atoms with Crippen LogP contribution in [0.2, 0.25) is 0 Å². The van der Waals surface area contributed by atoms with Gasteiger partial charge >= 0.3 is 0 Å². The number of rotatable bonds is 5. The Morgan fingerprint density at radius 3 is 2.52 bits per heavy atom. The van der Waals surface area contributed by atoms with Crippen LogP contribution in [0, 0.1) is 20.8 Å². The zero-order valence-corrected chi connectivity index (χ0v) is 18.7. The first-order valence-corrected chi connectivity index (χ1v) is 10.8. The number of aromatic nitrogens is 1. The van der Waals surface area contributed by atoms with E-state index >= 15 is 0 Å². The van der Waals surface area contributed by atoms with E-state index in [1.165, 1.54) is 0 Å². The third-order valence-electron chi connectivity index (χ3n) is 5.85. The van der Waals surface area contributed by atoms with Crippen LogP contribution >= 0.6 is 0 Å². The first-order chi connectivity index (χ1) is 15.9. The maximum Gasteiger partial charge on any atom is 0.235 e. The van der Waals surface area contributed by atoms with Gasteiger partial charge in [-0.1, -0.05) is 54.1 Å². The fraction of sp³-hybridized carbons (Fsp3) is 0.143. The van der Waals surface area contributed by atoms with Crippen molar-refractivity contribution in [3.8, 4) is 17.1 Å². The zero-order valence-electron chi connectivity index (χ0n) is 18.7. The average molecular weight is 437 g/mol. The van der Waals surface area contributed by atoms with Crippen LogP contribution in [0.3, 0.4) is 0 Å². The van der Waals surface area contributed by atoms with Crippen molar-refractivity contribution in [3.05, 3.63) is 99.3 Å². The van der Waals surface area contributed by atoms with Crippen LogP contribution < -0.4 is 10.2 Å². The summed E-state index contributed by atoms with van der Waals surface area (Å²) in [6.07, 6.45) is 1.67. The number of ether oxygens (including phenoxy) is 1. The second-order valence-electron chi connectivity index (χ2n) is 8.37. The highest BCUT2D eigenvalue weighted by Gasteiger charge is 2.21. The fourth-order valence-corrected chi connectivity index (χ4v) is 4.22. The molecule has 0 aliphatic rings. The molecule has 0 spiro atoms. The predicted octanol–water partition coefficient (Wildman–Crippen LogP) is 6.13. The number of benzene rings is 3. The Balaban J connectivity index is 1.60. The summed E-state index contributed by atoms with van der Waals surface area (Å²) in [6, 6.07) is 19.0. The lowest BCUT2D eigenvalue weighted by molar-refractivity contribution is 0.0922. The van der Waals surface area contributed by atoms with Crippen molar-refractivity contribution in [2.75, 3.05) is 6.61 Å². The Labute approximate surface area is 190 Å². The number of nitrogens with one attached hydrogen (secondary N) is 1. The third-order valence-corrected chi connectivity index (χ3v) is 5.85. The van der Waals surface area contributed by atoms with Gasteiger partial charge < -0.3 is 14.1 Å². The Morgan fingerprint density at radius 1 is 0.970 bits per heavy atom. The van der Waals surface area contributed by atoms with Crippen LogP contribution in [0.25, 0.3) is 33.2 Å². The molecule has 0 aliphatic carbocycles. The molecule has 0 saturated carbocycles. The number of fused-ring (bicyclic) bond motifs is 2. The average Bonchev–Trinajstić information content (AvgIpc) is 3.22. The summed E-state index contributed by atoms with van der Waals surface area (Å²) in [5.74, 6) is 0.151. The van der Waals surface area contributed by atoms with Gasteiger partial charge in [0.1, 0.15) is 5.58 Å². The summed E-state index contributed by atoms with van der Waals surface area (Å²) in [5, 5.41) is 1.28. The van der Waals surface area contributed by atoms with Crippen molar-refractivity contribution in [2.24, 2.45) is 0 Å². The number of aromatic amines is 1. The Kier molecular flexibility index (Phi) is 5.09. The molecule has 0 amide bonds. The third kappa shape index (κ3) is 3.72. The van der Waals surface area contributed by atoms with Gasteiger partial charge in [-0.05, 0) is 44.0 Å². The van der Waals surface area contributed by atoms with Crippen molar-refractivity contribution < 1.29 is 13.9 Å². The van der Waals surface area contributed by atoms with E-state index in [1.54, 1.807) is 6.20 Å². The molecular formula is C28H23NO4. The molecule has 33 heavy (non-hydrogen) atoms. The molecule has 5 heteroatoms. The largest absolute Gasteiger partial charge is 0.478 e. The number of carbonyl (C=O) groups excluding carboxylic acids is 1. The zero-order chi connectivity index (χ0) is 23.1. The van der Waals surface area contributed by atoms with Gasteiger partial charge in [-0.3, -0.25) is 9.59 Å². The van der Waals surface area contributed by atoms with E-state index in [0.717, 1.165) is 27.6 Å². The predicted molar refractivity (Wildman–Crippen MR) is 130 cm³/mol. The van der Waals surface area contributed by atoms with Gasteiger partial charge in [0.05, 0.1) is 5.39 Å². The molecule has 3 aromatic carbocycles. The Bertz CT molecular complexity index is 1570. The van der Waals surface area contributed by atoms with E-state index in [0.29, 0.717) is 27.9 Å². The van der Waals surface area contributed by atoms with Gasteiger partial charge in [-0.25, -0.2) is 0 Å². The molecule has 0 unspecified atom stereocenters. The molecule has 5 aromatic rings. The van der Waals surface area contributed by atoms with Gasteiger partial charge in [0.25, 0.3) is 0 Å². The summed E-state index contributed by atoms with van der Waals surface area (Å²) in [6.45, 7) is 5.55. The van der Waals surface area contributed by atoms with Crippen molar-refractivity contribution in [1.29, 1.82) is 0 Å². The molecule has 2 aromatic heterocycles. The quantitative estimate of drug-likeness (QED) is 0.336. The summed E-state index contributed by atoms with van der Waals surface area (Å²) in [5.41, 5.74) is 5.23. The lowest BCUT2D eigenvalue weighted by Gasteiger charge is -2.13. The summed E-state index contributed by atoms with van der Waals surface area (Å²) < 4.78 is 12.1. The normalized spacial score (nSPS) is 11.2. The van der Waals surface area contributed by atoms with Crippen molar-refractivity contribution in [3.63, 3.8) is 0 Å². The van der Waals surface area contributed by atoms with Gasteiger partial charge in [0.2, 0.25) is 17.0 Å². The van der Waals surface area contributed by atoms with Crippen LogP contribution in [0.1, 0.15) is 27.0 Å². The van der Waals surface area contributed by atoms with Crippen LogP contribution in [-0.4, -0.2) is 17.4 Å². The van der Waals surface area contributed by atoms with Gasteiger partial charge in [0.15, 0.2) is 12.4 Å². The molecule has 5 nitrogen and oxygen atoms in total. The van der Waals surface area contributed by atoms with Crippen molar-refractivity contribution in [1.82, 2.24) is 4.98 Å². The van der Waals surface area contributed by atoms with E-state index in [9.17, 15) is 9.59 Å². The molecule has 0 radical (unpaired) electrons. The molecule has 0 aliphatic heterocycles. The number of H-pyrrole nitrogens is 1. The van der Waals surface area contributed by atoms with Crippen LogP contribution in [0.5, 0.6) is 5.75 Å². The molecular weight excluding hydrogens is 414 g/mol. The maximum atomic E-state index is 13.5. The topological polar surface area (TPSA) is 72.3 Å². The highest BCUT2D eigenvalue weighted by molar-refractivity contribution is 6.08. The highest BCUT2D eigenvalue weighted by Crippen LogP contribution is 2.32. The van der Waals surface area contributed by atoms with E-state index in [4.69, 9.17) is 9.15 Å². The molecule has 164 valence electrons. The smallest absolute Gasteiger partial charge is 0.235 e. The highest BCUT2D eigenvalue weighted by atomic mass is 16.5. The van der Waals surface area contributed by atoms with E-state index in [1.807, 2.05) is 81.4 Å². The van der Waals surface area contributed by atoms with Crippen LogP contribution in [-0.2, 0) is 0 Å². The van der Waals surface area contributed by atoms with Gasteiger partial charge in [-0.2, -0.15) is 0 Å². The minimum absolute atomic E-state index is 0.0477. The summed E-state index contributed by atoms with van der Waals surface area (Å²) in [4.78, 5) is 29.6. The molecule has 5 rings (SSSR count). The minimum Gasteiger partial charge on any atom is -0.478 e. The van der Waals surface area contributed by atoms with Gasteiger partial charge in [-0.15, -0.1) is 0 Å². The Hall–Kier alpha value is -4.12. The van der Waals surface area contributed by atoms with Gasteiger partial charge in [0, 0.05) is 28.2 Å². The summed E-state index contributed by atoms with van der Waals surface area (Å²) >= 11 is 0. The minimum atomic E-state index is -0.281. The SMILES string of the molecule is Cc1ccc(-c2oc3cc(C)cc(C)c3c(=O)c2OCC(=O)c2c[nH]c3ccccc23)cc1. The number of ketones is 1. The number of hydrogen-bond donors (Lipinski definition) is 1. The number of carbonyl (C=O) groups is 1. The number of aryl methyl sites for hydroxylation is 3. The molecule has 1 N–H and O–H groups in total. The lowest BCUT2D eigenvalue weighted by Crippen LogP contribution is -2.17. The van der Waals surface area contributed by atoms with E-state index < -0.39 is 0 Å². The fourth-order valence-electron chi connectivity index (χ4n) is 4.22. The molecule has 0 bridgehead atoms. The molecule has 2 heterocycles. The summed E-state index contributed by atoms with van der Waals surface area (Å²) in [7, 11) is 0. The van der Waals surface area contributed by atoms with Crippen molar-refractivity contribution >= 4 is 27.7 Å². The molecule has 0 atom stereocenters. The van der Waals surface area contributed by atoms with E-state index in [-0.39, 0.29) is 23.6 Å². The number of Topliss-reactive ketones (excluding diaryl/α,β-unsaturated/α-hetero) is 1. The van der Waals surface area contributed by atoms with E-state index in [2.05, 4.69) is 4.98 Å². The van der Waals surface area contributed by atoms with Crippen LogP contribution in [0.4, 0.5) is 0 Å². The molecule has 0 saturated heterocycles. The number of hydrogen-bond acceptors (Lipinski definition) is 4. The second-order valence-corrected chi connectivity index (χ2v) is 8.37. The standard InChI is InChI=1S/C28H23NO4/c1-16-8-10-19(11-9-16)27-28(26(31)25-18(3)12-17(2)13-24(25)33-27)32-15-23(30)21-14-29-22-7-5-4-6-20(21)22/h4-14,29H,15H2,1-3H3. The molecule has 0 fully saturated rings. The maximum absolute atomic E-state index is 13.5. The Morgan fingerprint density at radius 2 is 1.73 bits per heavy atom. The first-order valence-electron chi connectivity index (χ1n) is 10.8.